The largest absolute Gasteiger partial charge is 0.488 e. The molecule has 3 aliphatic rings. The number of ether oxygens (including phenoxy) is 1. The second-order valence-corrected chi connectivity index (χ2v) is 7.22. The molecule has 4 rings (SSSR count). The highest BCUT2D eigenvalue weighted by atomic mass is 16.5. The Bertz CT molecular complexity index is 691. The molecule has 0 spiro atoms. The molecular formula is C18H22N2O4. The third-order valence-corrected chi connectivity index (χ3v) is 5.90. The molecule has 1 saturated heterocycles. The van der Waals surface area contributed by atoms with Crippen molar-refractivity contribution in [3.05, 3.63) is 29.8 Å². The van der Waals surface area contributed by atoms with Crippen LogP contribution in [-0.2, 0) is 4.79 Å². The monoisotopic (exact) mass is 330 g/mol. The van der Waals surface area contributed by atoms with Gasteiger partial charge in [-0.1, -0.05) is 24.6 Å². The van der Waals surface area contributed by atoms with Crippen molar-refractivity contribution < 1.29 is 19.4 Å². The van der Waals surface area contributed by atoms with E-state index in [1.54, 1.807) is 4.90 Å². The topological polar surface area (TPSA) is 78.9 Å². The van der Waals surface area contributed by atoms with E-state index < -0.39 is 11.4 Å². The highest BCUT2D eigenvalue weighted by molar-refractivity contribution is 5.81. The van der Waals surface area contributed by atoms with Crippen molar-refractivity contribution in [1.29, 1.82) is 0 Å². The maximum atomic E-state index is 12.7. The molecule has 1 aliphatic carbocycles. The molecular weight excluding hydrogens is 308 g/mol. The maximum Gasteiger partial charge on any atom is 0.318 e. The SMILES string of the molecule is CC1Oc2ccccc2C1NC(=O)N1C[C@@H]2CCC[C@@]2(C(=O)O)C1. The highest BCUT2D eigenvalue weighted by Gasteiger charge is 2.56. The van der Waals surface area contributed by atoms with Gasteiger partial charge in [0, 0.05) is 18.7 Å². The molecule has 24 heavy (non-hydrogen) atoms. The molecule has 1 aromatic rings. The summed E-state index contributed by atoms with van der Waals surface area (Å²) in [6, 6.07) is 7.31. The Morgan fingerprint density at radius 2 is 2.17 bits per heavy atom. The second kappa shape index (κ2) is 5.40. The van der Waals surface area contributed by atoms with Crippen molar-refractivity contribution in [3.63, 3.8) is 0 Å². The molecule has 2 heterocycles. The maximum absolute atomic E-state index is 12.7. The van der Waals surface area contributed by atoms with Gasteiger partial charge in [0.2, 0.25) is 0 Å². The Balaban J connectivity index is 1.49. The molecule has 2 amide bonds. The number of aliphatic carboxylic acids is 1. The minimum atomic E-state index is -0.761. The zero-order valence-corrected chi connectivity index (χ0v) is 13.7. The van der Waals surface area contributed by atoms with Crippen LogP contribution in [-0.4, -0.2) is 41.2 Å². The van der Waals surface area contributed by atoms with Gasteiger partial charge in [-0.05, 0) is 31.7 Å². The first kappa shape index (κ1) is 15.3. The van der Waals surface area contributed by atoms with Gasteiger partial charge in [0.15, 0.2) is 0 Å². The summed E-state index contributed by atoms with van der Waals surface area (Å²) in [7, 11) is 0. The number of likely N-dealkylation sites (tertiary alicyclic amines) is 1. The van der Waals surface area contributed by atoms with Crippen LogP contribution in [0.15, 0.2) is 24.3 Å². The van der Waals surface area contributed by atoms with Crippen LogP contribution in [0.2, 0.25) is 0 Å². The number of hydrogen-bond acceptors (Lipinski definition) is 3. The average molecular weight is 330 g/mol. The van der Waals surface area contributed by atoms with Crippen LogP contribution in [0.4, 0.5) is 4.79 Å². The number of para-hydroxylation sites is 1. The number of urea groups is 1. The Labute approximate surface area is 140 Å². The van der Waals surface area contributed by atoms with Gasteiger partial charge in [-0.3, -0.25) is 4.79 Å². The quantitative estimate of drug-likeness (QED) is 0.873. The highest BCUT2D eigenvalue weighted by Crippen LogP contribution is 2.49. The number of nitrogens with zero attached hydrogens (tertiary/aromatic N) is 1. The van der Waals surface area contributed by atoms with E-state index in [2.05, 4.69) is 5.32 Å². The molecule has 6 nitrogen and oxygen atoms in total. The van der Waals surface area contributed by atoms with Crippen LogP contribution >= 0.6 is 0 Å². The van der Waals surface area contributed by atoms with Gasteiger partial charge in [0.25, 0.3) is 0 Å². The predicted octanol–water partition coefficient (Wildman–Crippen LogP) is 2.40. The standard InChI is InChI=1S/C18H22N2O4/c1-11-15(13-6-2-3-7-14(13)24-11)19-17(23)20-9-12-5-4-8-18(12,10-20)16(21)22/h2-3,6-7,11-12,15H,4-5,8-10H2,1H3,(H,19,23)(H,21,22)/t11?,12-,15?,18+/m0/s1. The van der Waals surface area contributed by atoms with Gasteiger partial charge < -0.3 is 20.1 Å². The van der Waals surface area contributed by atoms with Crippen LogP contribution in [0.1, 0.15) is 37.8 Å². The van der Waals surface area contributed by atoms with E-state index in [0.717, 1.165) is 24.2 Å². The molecule has 2 N–H and O–H groups in total. The Kier molecular flexibility index (Phi) is 3.44. The molecule has 2 fully saturated rings. The molecule has 128 valence electrons. The first-order valence-electron chi connectivity index (χ1n) is 8.56. The number of amides is 2. The van der Waals surface area contributed by atoms with Gasteiger partial charge in [-0.25, -0.2) is 4.79 Å². The smallest absolute Gasteiger partial charge is 0.318 e. The van der Waals surface area contributed by atoms with Crippen molar-refractivity contribution in [2.45, 2.75) is 38.3 Å². The summed E-state index contributed by atoms with van der Waals surface area (Å²) < 4.78 is 5.79. The third-order valence-electron chi connectivity index (χ3n) is 5.90. The van der Waals surface area contributed by atoms with Crippen LogP contribution < -0.4 is 10.1 Å². The lowest BCUT2D eigenvalue weighted by atomic mass is 9.81. The van der Waals surface area contributed by atoms with Crippen molar-refractivity contribution in [3.8, 4) is 5.75 Å². The lowest BCUT2D eigenvalue weighted by Gasteiger charge is -2.25. The minimum absolute atomic E-state index is 0.0743. The van der Waals surface area contributed by atoms with E-state index in [1.165, 1.54) is 0 Å². The summed E-state index contributed by atoms with van der Waals surface area (Å²) in [5.74, 6) is 0.115. The lowest BCUT2D eigenvalue weighted by Crippen LogP contribution is -2.44. The van der Waals surface area contributed by atoms with E-state index in [9.17, 15) is 14.7 Å². The van der Waals surface area contributed by atoms with Crippen LogP contribution in [0, 0.1) is 11.3 Å². The fourth-order valence-electron chi connectivity index (χ4n) is 4.58. The lowest BCUT2D eigenvalue weighted by molar-refractivity contribution is -0.149. The Morgan fingerprint density at radius 3 is 2.92 bits per heavy atom. The molecule has 4 atom stereocenters. The first-order valence-corrected chi connectivity index (χ1v) is 8.56. The Morgan fingerprint density at radius 1 is 1.38 bits per heavy atom. The van der Waals surface area contributed by atoms with Gasteiger partial charge in [0.1, 0.15) is 11.9 Å². The predicted molar refractivity (Wildman–Crippen MR) is 86.8 cm³/mol. The van der Waals surface area contributed by atoms with Crippen molar-refractivity contribution in [1.82, 2.24) is 10.2 Å². The molecule has 2 unspecified atom stereocenters. The zero-order valence-electron chi connectivity index (χ0n) is 13.7. The summed E-state index contributed by atoms with van der Waals surface area (Å²) in [4.78, 5) is 26.1. The zero-order chi connectivity index (χ0) is 16.9. The molecule has 2 aliphatic heterocycles. The molecule has 1 saturated carbocycles. The van der Waals surface area contributed by atoms with E-state index in [4.69, 9.17) is 4.74 Å². The van der Waals surface area contributed by atoms with Gasteiger partial charge in [-0.2, -0.15) is 0 Å². The van der Waals surface area contributed by atoms with Gasteiger partial charge >= 0.3 is 12.0 Å². The van der Waals surface area contributed by atoms with Gasteiger partial charge in [0.05, 0.1) is 11.5 Å². The van der Waals surface area contributed by atoms with Crippen LogP contribution in [0.3, 0.4) is 0 Å². The first-order chi connectivity index (χ1) is 11.5. The number of rotatable bonds is 2. The average Bonchev–Trinajstić information content (AvgIpc) is 3.19. The molecule has 0 aromatic heterocycles. The Hall–Kier alpha value is -2.24. The van der Waals surface area contributed by atoms with E-state index in [0.29, 0.717) is 19.5 Å². The molecule has 1 aromatic carbocycles. The van der Waals surface area contributed by atoms with Crippen LogP contribution in [0.5, 0.6) is 5.75 Å². The molecule has 0 bridgehead atoms. The number of hydrogen-bond donors (Lipinski definition) is 2. The van der Waals surface area contributed by atoms with Crippen molar-refractivity contribution in [2.24, 2.45) is 11.3 Å². The number of nitrogens with one attached hydrogen (secondary N) is 1. The number of fused-ring (bicyclic) bond motifs is 2. The second-order valence-electron chi connectivity index (χ2n) is 7.22. The van der Waals surface area contributed by atoms with E-state index >= 15 is 0 Å². The summed E-state index contributed by atoms with van der Waals surface area (Å²) in [6.07, 6.45) is 2.36. The van der Waals surface area contributed by atoms with Crippen LogP contribution in [0.25, 0.3) is 0 Å². The van der Waals surface area contributed by atoms with Crippen molar-refractivity contribution >= 4 is 12.0 Å². The summed E-state index contributed by atoms with van der Waals surface area (Å²) in [5.41, 5.74) is 0.234. The molecule has 6 heteroatoms. The minimum Gasteiger partial charge on any atom is -0.488 e. The summed E-state index contributed by atoms with van der Waals surface area (Å²) in [6.45, 7) is 2.77. The fourth-order valence-corrected chi connectivity index (χ4v) is 4.58. The number of carbonyl (C=O) groups excluding carboxylic acids is 1. The summed E-state index contributed by atoms with van der Waals surface area (Å²) >= 11 is 0. The van der Waals surface area contributed by atoms with Crippen molar-refractivity contribution in [2.75, 3.05) is 13.1 Å². The molecule has 0 radical (unpaired) electrons. The van der Waals surface area contributed by atoms with E-state index in [1.807, 2.05) is 31.2 Å². The normalized spacial score (nSPS) is 33.7. The number of carboxylic acids is 1. The summed E-state index contributed by atoms with van der Waals surface area (Å²) in [5, 5.41) is 12.7. The number of carboxylic acid groups (broad SMARTS) is 1. The van der Waals surface area contributed by atoms with E-state index in [-0.39, 0.29) is 24.1 Å². The van der Waals surface area contributed by atoms with Gasteiger partial charge in [-0.15, -0.1) is 0 Å². The number of carbonyl (C=O) groups is 2. The number of benzene rings is 1. The third kappa shape index (κ3) is 2.16. The fraction of sp³-hybridized carbons (Fsp3) is 0.556.